The zero-order valence-corrected chi connectivity index (χ0v) is 15.6. The Hall–Kier alpha value is -3.02. The third-order valence-corrected chi connectivity index (χ3v) is 4.19. The number of nitrogens with zero attached hydrogens (tertiary/aromatic N) is 4. The number of ether oxygens (including phenoxy) is 1. The van der Waals surface area contributed by atoms with Gasteiger partial charge in [0.25, 0.3) is 0 Å². The van der Waals surface area contributed by atoms with Gasteiger partial charge in [-0.25, -0.2) is 18.4 Å². The van der Waals surface area contributed by atoms with E-state index in [1.807, 2.05) is 0 Å². The van der Waals surface area contributed by atoms with E-state index in [9.17, 15) is 9.18 Å². The largest absolute Gasteiger partial charge is 0.484 e. The summed E-state index contributed by atoms with van der Waals surface area (Å²) in [5.41, 5.74) is 0.482. The highest BCUT2D eigenvalue weighted by Gasteiger charge is 2.23. The van der Waals surface area contributed by atoms with Gasteiger partial charge in [0.15, 0.2) is 11.6 Å². The molecule has 2 aromatic heterocycles. The SMILES string of the molecule is COC(=N)CCCNc1nonc1-c1noc(=O)n1-c1ccc(F)c(Br)c1. The highest BCUT2D eigenvalue weighted by Crippen LogP contribution is 2.26. The fourth-order valence-electron chi connectivity index (χ4n) is 2.26. The normalized spacial score (nSPS) is 10.8. The molecule has 0 unspecified atom stereocenters. The molecule has 0 radical (unpaired) electrons. The summed E-state index contributed by atoms with van der Waals surface area (Å²) < 4.78 is 29.1. The van der Waals surface area contributed by atoms with E-state index in [1.165, 1.54) is 25.3 Å². The van der Waals surface area contributed by atoms with Crippen LogP contribution in [-0.4, -0.2) is 39.6 Å². The van der Waals surface area contributed by atoms with Crippen LogP contribution in [0.2, 0.25) is 0 Å². The highest BCUT2D eigenvalue weighted by atomic mass is 79.9. The predicted molar refractivity (Wildman–Crippen MR) is 95.5 cm³/mol. The maximum Gasteiger partial charge on any atom is 0.446 e. The van der Waals surface area contributed by atoms with Crippen LogP contribution in [0.25, 0.3) is 17.2 Å². The smallest absolute Gasteiger partial charge is 0.446 e. The Labute approximate surface area is 159 Å². The van der Waals surface area contributed by atoms with Gasteiger partial charge in [-0.15, -0.1) is 0 Å². The molecular weight excluding hydrogens is 427 g/mol. The summed E-state index contributed by atoms with van der Waals surface area (Å²) in [5.74, 6) is -0.778. The fourth-order valence-corrected chi connectivity index (χ4v) is 2.63. The van der Waals surface area contributed by atoms with Gasteiger partial charge in [0.2, 0.25) is 11.6 Å². The van der Waals surface area contributed by atoms with E-state index < -0.39 is 11.6 Å². The molecule has 0 saturated carbocycles. The summed E-state index contributed by atoms with van der Waals surface area (Å²) >= 11 is 3.08. The Morgan fingerprint density at radius 3 is 2.96 bits per heavy atom. The molecule has 0 atom stereocenters. The van der Waals surface area contributed by atoms with Crippen LogP contribution in [0.15, 0.2) is 36.6 Å². The maximum atomic E-state index is 13.5. The molecule has 3 aromatic rings. The minimum atomic E-state index is -0.772. The van der Waals surface area contributed by atoms with Crippen molar-refractivity contribution < 1.29 is 18.3 Å². The fraction of sp³-hybridized carbons (Fsp3) is 0.267. The van der Waals surface area contributed by atoms with Gasteiger partial charge in [0, 0.05) is 13.0 Å². The molecule has 0 bridgehead atoms. The summed E-state index contributed by atoms with van der Waals surface area (Å²) in [5, 5.41) is 21.7. The van der Waals surface area contributed by atoms with Crippen LogP contribution in [0.5, 0.6) is 0 Å². The van der Waals surface area contributed by atoms with Crippen molar-refractivity contribution in [3.63, 3.8) is 0 Å². The van der Waals surface area contributed by atoms with E-state index in [-0.39, 0.29) is 27.7 Å². The van der Waals surface area contributed by atoms with Gasteiger partial charge in [-0.3, -0.25) is 9.93 Å². The molecule has 0 amide bonds. The van der Waals surface area contributed by atoms with Crippen molar-refractivity contribution in [1.82, 2.24) is 20.0 Å². The quantitative estimate of drug-likeness (QED) is 0.325. The molecule has 0 aliphatic heterocycles. The summed E-state index contributed by atoms with van der Waals surface area (Å²) in [6.07, 6.45) is 1.05. The van der Waals surface area contributed by atoms with Gasteiger partial charge < -0.3 is 10.1 Å². The third-order valence-electron chi connectivity index (χ3n) is 3.59. The molecule has 2 N–H and O–H groups in total. The summed E-state index contributed by atoms with van der Waals surface area (Å²) in [6, 6.07) is 4.02. The van der Waals surface area contributed by atoms with E-state index in [4.69, 9.17) is 19.3 Å². The van der Waals surface area contributed by atoms with Crippen molar-refractivity contribution >= 4 is 27.6 Å². The molecule has 142 valence electrons. The topological polar surface area (TPSA) is 132 Å². The number of methoxy groups -OCH3 is 1. The van der Waals surface area contributed by atoms with Crippen molar-refractivity contribution in [2.45, 2.75) is 12.8 Å². The Bertz CT molecular complexity index is 1010. The summed E-state index contributed by atoms with van der Waals surface area (Å²) in [6.45, 7) is 0.455. The van der Waals surface area contributed by atoms with Crippen LogP contribution in [0, 0.1) is 11.2 Å². The molecule has 0 spiro atoms. The first-order valence-electron chi connectivity index (χ1n) is 7.73. The van der Waals surface area contributed by atoms with Crippen LogP contribution in [0.1, 0.15) is 12.8 Å². The van der Waals surface area contributed by atoms with Gasteiger partial charge in [-0.1, -0.05) is 5.16 Å². The van der Waals surface area contributed by atoms with Gasteiger partial charge in [0.1, 0.15) is 5.82 Å². The average Bonchev–Trinajstić information content (AvgIpc) is 3.27. The first kappa shape index (κ1) is 18.8. The number of hydrogen-bond acceptors (Lipinski definition) is 9. The second kappa shape index (κ2) is 8.12. The van der Waals surface area contributed by atoms with Crippen molar-refractivity contribution in [2.24, 2.45) is 0 Å². The lowest BCUT2D eigenvalue weighted by Crippen LogP contribution is -2.14. The molecule has 2 heterocycles. The molecule has 0 fully saturated rings. The zero-order chi connectivity index (χ0) is 19.4. The van der Waals surface area contributed by atoms with Gasteiger partial charge in [-0.2, -0.15) is 0 Å². The predicted octanol–water partition coefficient (Wildman–Crippen LogP) is 2.59. The highest BCUT2D eigenvalue weighted by molar-refractivity contribution is 9.10. The molecule has 12 heteroatoms. The van der Waals surface area contributed by atoms with E-state index in [0.717, 1.165) is 4.57 Å². The molecular formula is C15H14BrFN6O4. The van der Waals surface area contributed by atoms with E-state index >= 15 is 0 Å². The Morgan fingerprint density at radius 2 is 2.22 bits per heavy atom. The van der Waals surface area contributed by atoms with Gasteiger partial charge >= 0.3 is 5.76 Å². The van der Waals surface area contributed by atoms with E-state index in [1.54, 1.807) is 0 Å². The third kappa shape index (κ3) is 4.05. The number of anilines is 1. The van der Waals surface area contributed by atoms with Gasteiger partial charge in [-0.05, 0) is 50.9 Å². The molecule has 27 heavy (non-hydrogen) atoms. The molecule has 0 aliphatic rings. The van der Waals surface area contributed by atoms with E-state index in [2.05, 4.69) is 36.7 Å². The van der Waals surface area contributed by atoms with Gasteiger partial charge in [0.05, 0.1) is 17.3 Å². The molecule has 0 aliphatic carbocycles. The van der Waals surface area contributed by atoms with Crippen LogP contribution in [0.4, 0.5) is 10.2 Å². The molecule has 10 nitrogen and oxygen atoms in total. The monoisotopic (exact) mass is 440 g/mol. The summed E-state index contributed by atoms with van der Waals surface area (Å²) in [4.78, 5) is 12.1. The lowest BCUT2D eigenvalue weighted by molar-refractivity contribution is 0.309. The van der Waals surface area contributed by atoms with Crippen LogP contribution in [-0.2, 0) is 4.74 Å². The van der Waals surface area contributed by atoms with Crippen molar-refractivity contribution in [3.05, 3.63) is 39.0 Å². The second-order valence-corrected chi connectivity index (χ2v) is 6.18. The summed E-state index contributed by atoms with van der Waals surface area (Å²) in [7, 11) is 1.44. The maximum absolute atomic E-state index is 13.5. The Kier molecular flexibility index (Phi) is 5.64. The standard InChI is InChI=1S/C15H14BrFN6O4/c1-25-11(18)3-2-6-19-13-12(20-27-21-13)14-22-26-15(24)23(14)8-4-5-10(17)9(16)7-8/h4-5,7,18H,2-3,6H2,1H3,(H,19,21). The number of hydrogen-bond donors (Lipinski definition) is 2. The molecule has 3 rings (SSSR count). The number of aromatic nitrogens is 4. The number of halogens is 2. The molecule has 0 saturated heterocycles. The first-order valence-corrected chi connectivity index (χ1v) is 8.53. The zero-order valence-electron chi connectivity index (χ0n) is 14.0. The Balaban J connectivity index is 1.86. The van der Waals surface area contributed by atoms with E-state index in [0.29, 0.717) is 25.1 Å². The van der Waals surface area contributed by atoms with Crippen LogP contribution >= 0.6 is 15.9 Å². The Morgan fingerprint density at radius 1 is 1.41 bits per heavy atom. The van der Waals surface area contributed by atoms with Crippen molar-refractivity contribution in [2.75, 3.05) is 19.0 Å². The number of rotatable bonds is 7. The second-order valence-electron chi connectivity index (χ2n) is 5.32. The van der Waals surface area contributed by atoms with Crippen LogP contribution in [0.3, 0.4) is 0 Å². The average molecular weight is 441 g/mol. The number of benzene rings is 1. The minimum Gasteiger partial charge on any atom is -0.484 e. The minimum absolute atomic E-state index is 0.0480. The van der Waals surface area contributed by atoms with Crippen LogP contribution < -0.4 is 11.1 Å². The van der Waals surface area contributed by atoms with Crippen molar-refractivity contribution in [1.29, 1.82) is 5.41 Å². The first-order chi connectivity index (χ1) is 13.0. The lowest BCUT2D eigenvalue weighted by atomic mass is 10.3. The number of nitrogens with one attached hydrogen (secondary N) is 2. The van der Waals surface area contributed by atoms with Crippen molar-refractivity contribution in [3.8, 4) is 17.2 Å². The molecule has 1 aromatic carbocycles. The lowest BCUT2D eigenvalue weighted by Gasteiger charge is -2.06.